The average Bonchev–Trinajstić information content (AvgIpc) is 2.47. The Hall–Kier alpha value is -2.21. The van der Waals surface area contributed by atoms with Crippen LogP contribution in [0.5, 0.6) is 0 Å². The van der Waals surface area contributed by atoms with Crippen molar-refractivity contribution in [2.45, 2.75) is 18.4 Å². The second-order valence-electron chi connectivity index (χ2n) is 5.07. The highest BCUT2D eigenvalue weighted by atomic mass is 32.2. The topological polar surface area (TPSA) is 63.2 Å². The van der Waals surface area contributed by atoms with Gasteiger partial charge in [-0.1, -0.05) is 18.2 Å². The summed E-state index contributed by atoms with van der Waals surface area (Å²) in [5, 5.41) is 2.68. The first-order valence-corrected chi connectivity index (χ1v) is 8.50. The summed E-state index contributed by atoms with van der Waals surface area (Å²) in [5.41, 5.74) is 1.54. The van der Waals surface area contributed by atoms with Gasteiger partial charge < -0.3 is 5.32 Å². The minimum absolute atomic E-state index is 0.0952. The van der Waals surface area contributed by atoms with Crippen molar-refractivity contribution in [1.29, 1.82) is 0 Å². The summed E-state index contributed by atoms with van der Waals surface area (Å²) in [5.74, 6) is -0.677. The van der Waals surface area contributed by atoms with Crippen molar-refractivity contribution >= 4 is 15.7 Å². The zero-order valence-corrected chi connectivity index (χ0v) is 13.1. The third kappa shape index (κ3) is 3.92. The number of carbonyl (C=O) groups excluding carboxylic acids is 1. The maximum Gasteiger partial charge on any atom is 0.251 e. The van der Waals surface area contributed by atoms with Gasteiger partial charge in [-0.15, -0.1) is 0 Å². The lowest BCUT2D eigenvalue weighted by Crippen LogP contribution is -2.23. The lowest BCUT2D eigenvalue weighted by atomic mass is 10.1. The van der Waals surface area contributed by atoms with Crippen molar-refractivity contribution in [1.82, 2.24) is 5.32 Å². The van der Waals surface area contributed by atoms with Crippen molar-refractivity contribution in [3.8, 4) is 0 Å². The summed E-state index contributed by atoms with van der Waals surface area (Å²) >= 11 is 0. The molecule has 6 heteroatoms. The molecule has 22 heavy (non-hydrogen) atoms. The van der Waals surface area contributed by atoms with Gasteiger partial charge in [-0.05, 0) is 42.3 Å². The molecule has 2 rings (SSSR count). The Labute approximate surface area is 128 Å². The van der Waals surface area contributed by atoms with Gasteiger partial charge in [0.1, 0.15) is 5.82 Å². The molecule has 116 valence electrons. The third-order valence-electron chi connectivity index (χ3n) is 3.20. The molecular formula is C16H16FNO3S. The minimum Gasteiger partial charge on any atom is -0.348 e. The van der Waals surface area contributed by atoms with Crippen molar-refractivity contribution in [2.24, 2.45) is 0 Å². The van der Waals surface area contributed by atoms with Gasteiger partial charge in [-0.2, -0.15) is 0 Å². The molecule has 0 unspecified atom stereocenters. The molecule has 0 saturated heterocycles. The standard InChI is InChI=1S/C16H16FNO3S/c1-11-8-12(6-7-15(11)17)10-18-16(19)13-4-3-5-14(9-13)22(2,20)21/h3-9H,10H2,1-2H3,(H,18,19). The van der Waals surface area contributed by atoms with E-state index in [4.69, 9.17) is 0 Å². The van der Waals surface area contributed by atoms with Gasteiger partial charge in [-0.25, -0.2) is 12.8 Å². The van der Waals surface area contributed by atoms with E-state index in [-0.39, 0.29) is 28.7 Å². The quantitative estimate of drug-likeness (QED) is 0.941. The zero-order valence-electron chi connectivity index (χ0n) is 12.3. The maximum absolute atomic E-state index is 13.2. The molecule has 2 aromatic carbocycles. The van der Waals surface area contributed by atoms with Gasteiger partial charge in [0, 0.05) is 18.4 Å². The van der Waals surface area contributed by atoms with E-state index in [1.54, 1.807) is 25.1 Å². The lowest BCUT2D eigenvalue weighted by molar-refractivity contribution is 0.0950. The number of amides is 1. The first kappa shape index (κ1) is 16.2. The van der Waals surface area contributed by atoms with Crippen LogP contribution in [0, 0.1) is 12.7 Å². The smallest absolute Gasteiger partial charge is 0.251 e. The number of sulfone groups is 1. The Morgan fingerprint density at radius 2 is 1.91 bits per heavy atom. The Kier molecular flexibility index (Phi) is 4.61. The number of rotatable bonds is 4. The predicted molar refractivity (Wildman–Crippen MR) is 81.9 cm³/mol. The molecule has 0 bridgehead atoms. The highest BCUT2D eigenvalue weighted by molar-refractivity contribution is 7.90. The van der Waals surface area contributed by atoms with E-state index in [0.29, 0.717) is 5.56 Å². The van der Waals surface area contributed by atoms with Crippen LogP contribution in [0.25, 0.3) is 0 Å². The molecule has 0 aliphatic heterocycles. The molecule has 0 heterocycles. The first-order chi connectivity index (χ1) is 10.3. The molecule has 0 fully saturated rings. The second-order valence-corrected chi connectivity index (χ2v) is 7.08. The van der Waals surface area contributed by atoms with Crippen LogP contribution in [-0.4, -0.2) is 20.6 Å². The SMILES string of the molecule is Cc1cc(CNC(=O)c2cccc(S(C)(=O)=O)c2)ccc1F. The molecule has 1 N–H and O–H groups in total. The Morgan fingerprint density at radius 1 is 1.18 bits per heavy atom. The van der Waals surface area contributed by atoms with E-state index in [2.05, 4.69) is 5.32 Å². The number of hydrogen-bond donors (Lipinski definition) is 1. The van der Waals surface area contributed by atoms with E-state index in [1.165, 1.54) is 24.3 Å². The number of carbonyl (C=O) groups is 1. The van der Waals surface area contributed by atoms with Crippen LogP contribution in [0.15, 0.2) is 47.4 Å². The molecule has 0 saturated carbocycles. The Morgan fingerprint density at radius 3 is 2.55 bits per heavy atom. The van der Waals surface area contributed by atoms with Crippen LogP contribution in [0.3, 0.4) is 0 Å². The predicted octanol–water partition coefficient (Wildman–Crippen LogP) is 2.47. The van der Waals surface area contributed by atoms with E-state index < -0.39 is 9.84 Å². The largest absolute Gasteiger partial charge is 0.348 e. The van der Waals surface area contributed by atoms with Crippen LogP contribution in [0.2, 0.25) is 0 Å². The zero-order chi connectivity index (χ0) is 16.3. The van der Waals surface area contributed by atoms with Crippen LogP contribution in [0.4, 0.5) is 4.39 Å². The summed E-state index contributed by atoms with van der Waals surface area (Å²) in [4.78, 5) is 12.2. The van der Waals surface area contributed by atoms with Gasteiger partial charge in [0.2, 0.25) is 0 Å². The molecule has 0 aromatic heterocycles. The molecule has 2 aromatic rings. The van der Waals surface area contributed by atoms with E-state index >= 15 is 0 Å². The highest BCUT2D eigenvalue weighted by Gasteiger charge is 2.11. The van der Waals surface area contributed by atoms with E-state index in [1.807, 2.05) is 0 Å². The maximum atomic E-state index is 13.2. The van der Waals surface area contributed by atoms with Crippen molar-refractivity contribution < 1.29 is 17.6 Å². The lowest BCUT2D eigenvalue weighted by Gasteiger charge is -2.07. The normalized spacial score (nSPS) is 11.2. The van der Waals surface area contributed by atoms with Crippen LogP contribution >= 0.6 is 0 Å². The summed E-state index contributed by atoms with van der Waals surface area (Å²) < 4.78 is 36.2. The number of hydrogen-bond acceptors (Lipinski definition) is 3. The van der Waals surface area contributed by atoms with E-state index in [9.17, 15) is 17.6 Å². The van der Waals surface area contributed by atoms with Gasteiger partial charge in [0.05, 0.1) is 4.90 Å². The fourth-order valence-corrected chi connectivity index (χ4v) is 2.64. The number of aryl methyl sites for hydroxylation is 1. The van der Waals surface area contributed by atoms with Crippen LogP contribution in [-0.2, 0) is 16.4 Å². The second kappa shape index (κ2) is 6.27. The highest BCUT2D eigenvalue weighted by Crippen LogP contribution is 2.12. The summed E-state index contributed by atoms with van der Waals surface area (Å²) in [6, 6.07) is 10.4. The fourth-order valence-electron chi connectivity index (χ4n) is 1.97. The summed E-state index contributed by atoms with van der Waals surface area (Å²) in [6.07, 6.45) is 1.09. The average molecular weight is 321 g/mol. The van der Waals surface area contributed by atoms with Gasteiger partial charge in [0.15, 0.2) is 9.84 Å². The number of nitrogens with one attached hydrogen (secondary N) is 1. The van der Waals surface area contributed by atoms with Crippen molar-refractivity contribution in [3.05, 3.63) is 65.0 Å². The van der Waals surface area contributed by atoms with Gasteiger partial charge in [0.25, 0.3) is 5.91 Å². The minimum atomic E-state index is -3.36. The fraction of sp³-hybridized carbons (Fsp3) is 0.188. The number of halogens is 1. The van der Waals surface area contributed by atoms with Crippen LogP contribution in [0.1, 0.15) is 21.5 Å². The van der Waals surface area contributed by atoms with Crippen LogP contribution < -0.4 is 5.32 Å². The van der Waals surface area contributed by atoms with Crippen molar-refractivity contribution in [2.75, 3.05) is 6.26 Å². The molecule has 1 amide bonds. The molecule has 0 spiro atoms. The van der Waals surface area contributed by atoms with Gasteiger partial charge >= 0.3 is 0 Å². The first-order valence-electron chi connectivity index (χ1n) is 6.61. The van der Waals surface area contributed by atoms with Gasteiger partial charge in [-0.3, -0.25) is 4.79 Å². The molecule has 0 aliphatic carbocycles. The Balaban J connectivity index is 2.11. The molecule has 0 radical (unpaired) electrons. The molecule has 0 atom stereocenters. The monoisotopic (exact) mass is 321 g/mol. The number of benzene rings is 2. The molecule has 0 aliphatic rings. The molecule has 4 nitrogen and oxygen atoms in total. The summed E-state index contributed by atoms with van der Waals surface area (Å²) in [6.45, 7) is 1.89. The summed E-state index contributed by atoms with van der Waals surface area (Å²) in [7, 11) is -3.36. The van der Waals surface area contributed by atoms with E-state index in [0.717, 1.165) is 11.8 Å². The Bertz CT molecular complexity index is 816. The molecular weight excluding hydrogens is 305 g/mol. The third-order valence-corrected chi connectivity index (χ3v) is 4.31. The van der Waals surface area contributed by atoms with Crippen molar-refractivity contribution in [3.63, 3.8) is 0 Å².